The molecule has 0 saturated carbocycles. The highest BCUT2D eigenvalue weighted by Gasteiger charge is 2.07. The molecular weight excluding hydrogens is 238 g/mol. The minimum Gasteiger partial charge on any atom is -0.497 e. The molecule has 0 bridgehead atoms. The molecule has 2 aromatic carbocycles. The Morgan fingerprint density at radius 1 is 1.05 bits per heavy atom. The van der Waals surface area contributed by atoms with Gasteiger partial charge in [0.25, 0.3) is 0 Å². The van der Waals surface area contributed by atoms with E-state index in [0.29, 0.717) is 6.54 Å². The molecule has 0 radical (unpaired) electrons. The molecule has 1 N–H and O–H groups in total. The maximum Gasteiger partial charge on any atom is 0.120 e. The monoisotopic (exact) mass is 257 g/mol. The van der Waals surface area contributed by atoms with Gasteiger partial charge in [-0.15, -0.1) is 0 Å². The number of hydrogen-bond donors (Lipinski definition) is 1. The van der Waals surface area contributed by atoms with E-state index < -0.39 is 0 Å². The molecular formula is C16H19NO2. The smallest absolute Gasteiger partial charge is 0.120 e. The Labute approximate surface area is 114 Å². The molecule has 0 fully saturated rings. The Hall–Kier alpha value is -2.00. The van der Waals surface area contributed by atoms with Crippen LogP contribution in [0, 0.1) is 0 Å². The molecule has 0 saturated heterocycles. The topological polar surface area (TPSA) is 32.7 Å². The molecule has 0 spiro atoms. The van der Waals surface area contributed by atoms with Crippen LogP contribution in [-0.2, 0) is 6.54 Å². The number of methoxy groups -OCH3 is 1. The number of nitrogens with zero attached hydrogens (tertiary/aromatic N) is 1. The summed E-state index contributed by atoms with van der Waals surface area (Å²) in [5.74, 6) is 0.827. The predicted octanol–water partition coefficient (Wildman–Crippen LogP) is 2.69. The normalized spacial score (nSPS) is 10.2. The van der Waals surface area contributed by atoms with Gasteiger partial charge in [0.15, 0.2) is 0 Å². The Kier molecular flexibility index (Phi) is 4.81. The van der Waals surface area contributed by atoms with Crippen molar-refractivity contribution in [2.24, 2.45) is 0 Å². The lowest BCUT2D eigenvalue weighted by atomic mass is 10.2. The van der Waals surface area contributed by atoms with E-state index in [1.54, 1.807) is 7.11 Å². The highest BCUT2D eigenvalue weighted by Crippen LogP contribution is 2.22. The van der Waals surface area contributed by atoms with Gasteiger partial charge in [0.05, 0.1) is 13.7 Å². The fourth-order valence-corrected chi connectivity index (χ4v) is 2.03. The number of ether oxygens (including phenoxy) is 1. The van der Waals surface area contributed by atoms with Crippen LogP contribution in [0.3, 0.4) is 0 Å². The second-order valence-electron chi connectivity index (χ2n) is 4.33. The van der Waals surface area contributed by atoms with Crippen molar-refractivity contribution in [2.75, 3.05) is 25.2 Å². The molecule has 0 amide bonds. The molecule has 3 nitrogen and oxygen atoms in total. The first-order chi connectivity index (χ1) is 9.33. The van der Waals surface area contributed by atoms with Crippen LogP contribution in [0.15, 0.2) is 54.6 Å². The van der Waals surface area contributed by atoms with Crippen LogP contribution in [-0.4, -0.2) is 25.4 Å². The van der Waals surface area contributed by atoms with Gasteiger partial charge in [-0.05, 0) is 17.7 Å². The van der Waals surface area contributed by atoms with Gasteiger partial charge in [-0.3, -0.25) is 0 Å². The standard InChI is InChI=1S/C16H19NO2/c1-19-16-9-5-8-15(12-16)17(10-11-18)13-14-6-3-2-4-7-14/h2-9,12,18H,10-11,13H2,1H3. The fraction of sp³-hybridized carbons (Fsp3) is 0.250. The van der Waals surface area contributed by atoms with Crippen LogP contribution in [0.5, 0.6) is 5.75 Å². The maximum absolute atomic E-state index is 9.23. The lowest BCUT2D eigenvalue weighted by molar-refractivity contribution is 0.301. The molecule has 0 aliphatic heterocycles. The Balaban J connectivity index is 2.19. The van der Waals surface area contributed by atoms with Gasteiger partial charge < -0.3 is 14.7 Å². The second-order valence-corrected chi connectivity index (χ2v) is 4.33. The second kappa shape index (κ2) is 6.81. The van der Waals surface area contributed by atoms with Gasteiger partial charge in [-0.2, -0.15) is 0 Å². The summed E-state index contributed by atoms with van der Waals surface area (Å²) in [5.41, 5.74) is 2.27. The molecule has 19 heavy (non-hydrogen) atoms. The van der Waals surface area contributed by atoms with Gasteiger partial charge >= 0.3 is 0 Å². The minimum absolute atomic E-state index is 0.129. The van der Waals surface area contributed by atoms with Gasteiger partial charge in [-0.1, -0.05) is 36.4 Å². The SMILES string of the molecule is COc1cccc(N(CCO)Cc2ccccc2)c1. The van der Waals surface area contributed by atoms with Crippen molar-refractivity contribution in [3.63, 3.8) is 0 Å². The third kappa shape index (κ3) is 3.73. The first-order valence-electron chi connectivity index (χ1n) is 6.37. The molecule has 2 rings (SSSR count). The van der Waals surface area contributed by atoms with Crippen molar-refractivity contribution in [2.45, 2.75) is 6.54 Å². The summed E-state index contributed by atoms with van der Waals surface area (Å²) in [6.07, 6.45) is 0. The first kappa shape index (κ1) is 13.4. The third-order valence-corrected chi connectivity index (χ3v) is 3.00. The van der Waals surface area contributed by atoms with E-state index in [1.165, 1.54) is 5.56 Å². The number of rotatable bonds is 6. The summed E-state index contributed by atoms with van der Waals surface area (Å²) in [7, 11) is 1.66. The Bertz CT molecular complexity index is 499. The molecule has 0 unspecified atom stereocenters. The molecule has 3 heteroatoms. The van der Waals surface area contributed by atoms with Crippen LogP contribution < -0.4 is 9.64 Å². The third-order valence-electron chi connectivity index (χ3n) is 3.00. The number of hydrogen-bond acceptors (Lipinski definition) is 3. The highest BCUT2D eigenvalue weighted by molar-refractivity contribution is 5.51. The largest absolute Gasteiger partial charge is 0.497 e. The zero-order chi connectivity index (χ0) is 13.5. The molecule has 0 atom stereocenters. The van der Waals surface area contributed by atoms with Crippen LogP contribution in [0.4, 0.5) is 5.69 Å². The minimum atomic E-state index is 0.129. The highest BCUT2D eigenvalue weighted by atomic mass is 16.5. The van der Waals surface area contributed by atoms with Gasteiger partial charge in [0.1, 0.15) is 5.75 Å². The molecule has 2 aromatic rings. The summed E-state index contributed by atoms with van der Waals surface area (Å²) in [5, 5.41) is 9.23. The number of benzene rings is 2. The summed E-state index contributed by atoms with van der Waals surface area (Å²) in [4.78, 5) is 2.14. The van der Waals surface area contributed by atoms with E-state index >= 15 is 0 Å². The van der Waals surface area contributed by atoms with Crippen molar-refractivity contribution < 1.29 is 9.84 Å². The van der Waals surface area contributed by atoms with Gasteiger partial charge in [0, 0.05) is 24.8 Å². The van der Waals surface area contributed by atoms with Crippen molar-refractivity contribution in [1.82, 2.24) is 0 Å². The number of aliphatic hydroxyl groups is 1. The average Bonchev–Trinajstić information content (AvgIpc) is 2.48. The fourth-order valence-electron chi connectivity index (χ4n) is 2.03. The van der Waals surface area contributed by atoms with Crippen molar-refractivity contribution in [1.29, 1.82) is 0 Å². The zero-order valence-electron chi connectivity index (χ0n) is 11.1. The van der Waals surface area contributed by atoms with Crippen molar-refractivity contribution >= 4 is 5.69 Å². The van der Waals surface area contributed by atoms with Crippen LogP contribution in [0.25, 0.3) is 0 Å². The summed E-state index contributed by atoms with van der Waals surface area (Å²) in [6.45, 7) is 1.50. The van der Waals surface area contributed by atoms with Gasteiger partial charge in [-0.25, -0.2) is 0 Å². The maximum atomic E-state index is 9.23. The summed E-state index contributed by atoms with van der Waals surface area (Å²) >= 11 is 0. The molecule has 100 valence electrons. The molecule has 0 aliphatic rings. The van der Waals surface area contributed by atoms with E-state index in [9.17, 15) is 5.11 Å². The molecule has 0 heterocycles. The van der Waals surface area contributed by atoms with Crippen molar-refractivity contribution in [3.8, 4) is 5.75 Å². The van der Waals surface area contributed by atoms with E-state index in [1.807, 2.05) is 42.5 Å². The number of aliphatic hydroxyl groups excluding tert-OH is 1. The lowest BCUT2D eigenvalue weighted by Gasteiger charge is -2.24. The predicted molar refractivity (Wildman–Crippen MR) is 77.6 cm³/mol. The number of anilines is 1. The van der Waals surface area contributed by atoms with E-state index in [0.717, 1.165) is 18.0 Å². The first-order valence-corrected chi connectivity index (χ1v) is 6.37. The van der Waals surface area contributed by atoms with E-state index in [-0.39, 0.29) is 6.61 Å². The quantitative estimate of drug-likeness (QED) is 0.863. The summed E-state index contributed by atoms with van der Waals surface area (Å²) in [6, 6.07) is 18.1. The average molecular weight is 257 g/mol. The van der Waals surface area contributed by atoms with E-state index in [4.69, 9.17) is 4.74 Å². The van der Waals surface area contributed by atoms with Crippen LogP contribution in [0.2, 0.25) is 0 Å². The zero-order valence-corrected chi connectivity index (χ0v) is 11.1. The lowest BCUT2D eigenvalue weighted by Crippen LogP contribution is -2.26. The Morgan fingerprint density at radius 2 is 1.84 bits per heavy atom. The van der Waals surface area contributed by atoms with Gasteiger partial charge in [0.2, 0.25) is 0 Å². The van der Waals surface area contributed by atoms with Crippen LogP contribution >= 0.6 is 0 Å². The van der Waals surface area contributed by atoms with Crippen molar-refractivity contribution in [3.05, 3.63) is 60.2 Å². The van der Waals surface area contributed by atoms with E-state index in [2.05, 4.69) is 17.0 Å². The molecule has 0 aliphatic carbocycles. The Morgan fingerprint density at radius 3 is 2.53 bits per heavy atom. The summed E-state index contributed by atoms with van der Waals surface area (Å²) < 4.78 is 5.24. The van der Waals surface area contributed by atoms with Crippen LogP contribution in [0.1, 0.15) is 5.56 Å². The molecule has 0 aromatic heterocycles.